The summed E-state index contributed by atoms with van der Waals surface area (Å²) >= 11 is 4.49. The third-order valence-corrected chi connectivity index (χ3v) is 3.89. The first kappa shape index (κ1) is 17.1. The lowest BCUT2D eigenvalue weighted by Crippen LogP contribution is -2.45. The molecule has 120 valence electrons. The van der Waals surface area contributed by atoms with Crippen molar-refractivity contribution in [1.82, 2.24) is 9.80 Å². The Labute approximate surface area is 133 Å². The van der Waals surface area contributed by atoms with Gasteiger partial charge in [0.25, 0.3) is 0 Å². The van der Waals surface area contributed by atoms with Crippen molar-refractivity contribution < 1.29 is 13.2 Å². The Morgan fingerprint density at radius 2 is 1.77 bits per heavy atom. The van der Waals surface area contributed by atoms with Crippen LogP contribution in [0.2, 0.25) is 0 Å². The first-order chi connectivity index (χ1) is 10.4. The van der Waals surface area contributed by atoms with Crippen LogP contribution >= 0.6 is 12.2 Å². The number of rotatable bonds is 4. The lowest BCUT2D eigenvalue weighted by atomic mass is 10.1. The number of nitrogens with zero attached hydrogens (tertiary/aromatic N) is 3. The number of aliphatic imine (C=N–C) groups is 1. The van der Waals surface area contributed by atoms with E-state index in [0.717, 1.165) is 38.8 Å². The topological polar surface area (TPSA) is 18.8 Å². The highest BCUT2D eigenvalue weighted by Crippen LogP contribution is 2.33. The average molecular weight is 329 g/mol. The molecule has 1 saturated heterocycles. The first-order valence-corrected chi connectivity index (χ1v) is 7.57. The smallest absolute Gasteiger partial charge is 0.301 e. The van der Waals surface area contributed by atoms with Crippen molar-refractivity contribution in [1.29, 1.82) is 0 Å². The molecule has 0 aliphatic carbocycles. The van der Waals surface area contributed by atoms with Crippen molar-refractivity contribution in [2.24, 2.45) is 4.99 Å². The second-order valence-electron chi connectivity index (χ2n) is 5.30. The number of isothiocyanates is 1. The summed E-state index contributed by atoms with van der Waals surface area (Å²) in [5, 5.41) is 2.13. The molecule has 0 unspecified atom stereocenters. The molecule has 0 bridgehead atoms. The molecule has 22 heavy (non-hydrogen) atoms. The molecule has 1 aliphatic heterocycles. The molecule has 0 aromatic heterocycles. The maximum Gasteiger partial charge on any atom is 0.416 e. The van der Waals surface area contributed by atoms with Crippen LogP contribution in [-0.2, 0) is 12.7 Å². The highest BCUT2D eigenvalue weighted by molar-refractivity contribution is 7.78. The van der Waals surface area contributed by atoms with E-state index in [9.17, 15) is 13.2 Å². The predicted molar refractivity (Wildman–Crippen MR) is 83.5 cm³/mol. The van der Waals surface area contributed by atoms with Crippen LogP contribution in [0.1, 0.15) is 18.1 Å². The second-order valence-corrected chi connectivity index (χ2v) is 5.48. The number of hydrogen-bond acceptors (Lipinski definition) is 4. The Bertz CT molecular complexity index is 560. The van der Waals surface area contributed by atoms with E-state index in [1.807, 2.05) is 0 Å². The van der Waals surface area contributed by atoms with Crippen LogP contribution in [0.25, 0.3) is 0 Å². The number of alkyl halides is 3. The molecular formula is C15H18F3N3S. The van der Waals surface area contributed by atoms with E-state index in [1.54, 1.807) is 6.07 Å². The van der Waals surface area contributed by atoms with Crippen molar-refractivity contribution in [3.63, 3.8) is 0 Å². The van der Waals surface area contributed by atoms with Gasteiger partial charge in [0.1, 0.15) is 0 Å². The fourth-order valence-electron chi connectivity index (χ4n) is 2.57. The van der Waals surface area contributed by atoms with Gasteiger partial charge >= 0.3 is 6.18 Å². The molecule has 0 N–H and O–H groups in total. The summed E-state index contributed by atoms with van der Waals surface area (Å²) in [6.07, 6.45) is -4.39. The summed E-state index contributed by atoms with van der Waals surface area (Å²) < 4.78 is 38.9. The zero-order valence-electron chi connectivity index (χ0n) is 12.4. The van der Waals surface area contributed by atoms with E-state index < -0.39 is 11.7 Å². The van der Waals surface area contributed by atoms with Gasteiger partial charge in [-0.1, -0.05) is 6.92 Å². The van der Waals surface area contributed by atoms with Crippen LogP contribution in [-0.4, -0.2) is 47.7 Å². The van der Waals surface area contributed by atoms with Crippen LogP contribution in [0.3, 0.4) is 0 Å². The molecule has 1 fully saturated rings. The Kier molecular flexibility index (Phi) is 5.69. The maximum absolute atomic E-state index is 13.0. The van der Waals surface area contributed by atoms with E-state index in [0.29, 0.717) is 12.1 Å². The normalized spacial score (nSPS) is 17.3. The van der Waals surface area contributed by atoms with Crippen LogP contribution in [0, 0.1) is 0 Å². The molecule has 1 aliphatic rings. The number of benzene rings is 1. The first-order valence-electron chi connectivity index (χ1n) is 7.16. The van der Waals surface area contributed by atoms with E-state index in [2.05, 4.69) is 39.1 Å². The Balaban J connectivity index is 2.16. The molecular weight excluding hydrogens is 311 g/mol. The van der Waals surface area contributed by atoms with Crippen LogP contribution in [0.5, 0.6) is 0 Å². The minimum atomic E-state index is -4.39. The average Bonchev–Trinajstić information content (AvgIpc) is 2.47. The lowest BCUT2D eigenvalue weighted by molar-refractivity contribution is -0.137. The number of hydrogen-bond donors (Lipinski definition) is 0. The van der Waals surface area contributed by atoms with Gasteiger partial charge in [0.15, 0.2) is 0 Å². The largest absolute Gasteiger partial charge is 0.416 e. The molecule has 0 spiro atoms. The van der Waals surface area contributed by atoms with Gasteiger partial charge < -0.3 is 4.90 Å². The van der Waals surface area contributed by atoms with E-state index in [-0.39, 0.29) is 5.69 Å². The third-order valence-electron chi connectivity index (χ3n) is 3.80. The predicted octanol–water partition coefficient (Wildman–Crippen LogP) is 3.58. The summed E-state index contributed by atoms with van der Waals surface area (Å²) in [6.45, 7) is 7.21. The quantitative estimate of drug-likeness (QED) is 0.621. The minimum absolute atomic E-state index is 0.201. The van der Waals surface area contributed by atoms with Crippen molar-refractivity contribution in [3.05, 3.63) is 29.3 Å². The van der Waals surface area contributed by atoms with Gasteiger partial charge in [-0.3, -0.25) is 4.90 Å². The molecule has 0 radical (unpaired) electrons. The fraction of sp³-hybridized carbons (Fsp3) is 0.533. The summed E-state index contributed by atoms with van der Waals surface area (Å²) in [7, 11) is 0. The molecule has 3 nitrogen and oxygen atoms in total. The summed E-state index contributed by atoms with van der Waals surface area (Å²) in [5.74, 6) is 0. The van der Waals surface area contributed by atoms with E-state index in [1.165, 1.54) is 6.07 Å². The third kappa shape index (κ3) is 4.61. The lowest BCUT2D eigenvalue weighted by Gasteiger charge is -2.34. The van der Waals surface area contributed by atoms with Gasteiger partial charge in [0, 0.05) is 32.7 Å². The van der Waals surface area contributed by atoms with E-state index in [4.69, 9.17) is 0 Å². The summed E-state index contributed by atoms with van der Waals surface area (Å²) in [5.41, 5.74) is 0.108. The zero-order valence-corrected chi connectivity index (χ0v) is 13.2. The molecule has 2 rings (SSSR count). The molecule has 1 heterocycles. The van der Waals surface area contributed by atoms with Gasteiger partial charge in [-0.2, -0.15) is 18.2 Å². The number of halogens is 3. The number of piperazine rings is 1. The molecule has 1 aromatic carbocycles. The molecule has 0 saturated carbocycles. The molecule has 1 aromatic rings. The highest BCUT2D eigenvalue weighted by atomic mass is 32.1. The Hall–Kier alpha value is -1.27. The van der Waals surface area contributed by atoms with Crippen LogP contribution < -0.4 is 0 Å². The van der Waals surface area contributed by atoms with Crippen molar-refractivity contribution in [2.45, 2.75) is 19.6 Å². The van der Waals surface area contributed by atoms with Gasteiger partial charge in [0.2, 0.25) is 0 Å². The van der Waals surface area contributed by atoms with Crippen molar-refractivity contribution in [2.75, 3.05) is 32.7 Å². The molecule has 7 heteroatoms. The number of thiocarbonyl (C=S) groups is 1. The van der Waals surface area contributed by atoms with Crippen LogP contribution in [0.4, 0.5) is 18.9 Å². The van der Waals surface area contributed by atoms with E-state index >= 15 is 0 Å². The number of likely N-dealkylation sites (N-methyl/N-ethyl adjacent to an activating group) is 1. The van der Waals surface area contributed by atoms with Gasteiger partial charge in [-0.15, -0.1) is 0 Å². The SMILES string of the molecule is CCN1CCN(Cc2cc(N=C=S)cc(C(F)(F)F)c2)CC1. The summed E-state index contributed by atoms with van der Waals surface area (Å²) in [6, 6.07) is 3.83. The Morgan fingerprint density at radius 1 is 1.14 bits per heavy atom. The molecule has 0 amide bonds. The van der Waals surface area contributed by atoms with Gasteiger partial charge in [-0.05, 0) is 42.5 Å². The Morgan fingerprint density at radius 3 is 2.32 bits per heavy atom. The zero-order chi connectivity index (χ0) is 16.2. The highest BCUT2D eigenvalue weighted by Gasteiger charge is 2.31. The van der Waals surface area contributed by atoms with Crippen LogP contribution in [0.15, 0.2) is 23.2 Å². The van der Waals surface area contributed by atoms with Gasteiger partial charge in [-0.25, -0.2) is 0 Å². The van der Waals surface area contributed by atoms with Crippen molar-refractivity contribution in [3.8, 4) is 0 Å². The summed E-state index contributed by atoms with van der Waals surface area (Å²) in [4.78, 5) is 8.18. The minimum Gasteiger partial charge on any atom is -0.301 e. The fourth-order valence-corrected chi connectivity index (χ4v) is 2.67. The second kappa shape index (κ2) is 7.33. The maximum atomic E-state index is 13.0. The van der Waals surface area contributed by atoms with Crippen molar-refractivity contribution >= 4 is 23.1 Å². The molecule has 0 atom stereocenters. The monoisotopic (exact) mass is 329 g/mol. The standard InChI is InChI=1S/C15H18F3N3S/c1-2-20-3-5-21(6-4-20)10-12-7-13(15(16,17)18)9-14(8-12)19-11-22/h7-9H,2-6,10H2,1H3. The van der Waals surface area contributed by atoms with Gasteiger partial charge in [0.05, 0.1) is 16.4 Å².